The van der Waals surface area contributed by atoms with Crippen molar-refractivity contribution in [3.05, 3.63) is 64.7 Å². The summed E-state index contributed by atoms with van der Waals surface area (Å²) in [5, 5.41) is 0.635. The van der Waals surface area contributed by atoms with E-state index in [0.29, 0.717) is 16.9 Å². The van der Waals surface area contributed by atoms with Gasteiger partial charge in [0.15, 0.2) is 0 Å². The van der Waals surface area contributed by atoms with Gasteiger partial charge in [-0.1, -0.05) is 23.7 Å². The summed E-state index contributed by atoms with van der Waals surface area (Å²) in [6.07, 6.45) is 1.67. The zero-order valence-corrected chi connectivity index (χ0v) is 15.4. The lowest BCUT2D eigenvalue weighted by Crippen LogP contribution is -2.34. The first-order valence-corrected chi connectivity index (χ1v) is 9.24. The molecule has 3 atom stereocenters. The van der Waals surface area contributed by atoms with Gasteiger partial charge in [0.1, 0.15) is 5.82 Å². The van der Waals surface area contributed by atoms with Gasteiger partial charge < -0.3 is 4.90 Å². The number of likely N-dealkylation sites (tertiary alicyclic amines) is 2. The molecule has 3 heterocycles. The highest BCUT2D eigenvalue weighted by molar-refractivity contribution is 6.30. The number of carbonyl (C=O) groups is 1. The lowest BCUT2D eigenvalue weighted by atomic mass is 9.89. The third kappa shape index (κ3) is 3.33. The topological polar surface area (TPSA) is 36.4 Å². The van der Waals surface area contributed by atoms with E-state index in [2.05, 4.69) is 9.88 Å². The van der Waals surface area contributed by atoms with Crippen LogP contribution in [0, 0.1) is 17.7 Å². The average Bonchev–Trinajstić information content (AvgIpc) is 3.14. The largest absolute Gasteiger partial charge is 0.335 e. The van der Waals surface area contributed by atoms with Crippen molar-refractivity contribution in [3.63, 3.8) is 0 Å². The highest BCUT2D eigenvalue weighted by atomic mass is 35.5. The van der Waals surface area contributed by atoms with E-state index in [-0.39, 0.29) is 17.8 Å². The minimum Gasteiger partial charge on any atom is -0.335 e. The maximum absolute atomic E-state index is 13.8. The predicted molar refractivity (Wildman–Crippen MR) is 98.0 cm³/mol. The molecule has 0 unspecified atom stereocenters. The van der Waals surface area contributed by atoms with E-state index < -0.39 is 0 Å². The van der Waals surface area contributed by atoms with Crippen LogP contribution < -0.4 is 0 Å². The van der Waals surface area contributed by atoms with Crippen molar-refractivity contribution in [2.45, 2.75) is 19.5 Å². The third-order valence-electron chi connectivity index (χ3n) is 5.51. The number of nitrogens with zero attached hydrogens (tertiary/aromatic N) is 3. The van der Waals surface area contributed by atoms with E-state index >= 15 is 0 Å². The second kappa shape index (κ2) is 6.97. The maximum atomic E-state index is 13.8. The molecule has 0 bridgehead atoms. The summed E-state index contributed by atoms with van der Waals surface area (Å²) in [6, 6.07) is 10.4. The molecular weight excluding hydrogens is 353 g/mol. The standard InChI is InChI=1S/C20H21ClFN3O/c1-13(26)25-10-15-9-24(11-18-6-5-16(21)8-23-18)12-19(15)20(25)14-3-2-4-17(22)7-14/h2-8,15,19-20H,9-12H2,1H3/t15-,19-,20+/m1/s1. The molecule has 2 fully saturated rings. The summed E-state index contributed by atoms with van der Waals surface area (Å²) in [5.41, 5.74) is 1.87. The minimum absolute atomic E-state index is 0.0552. The Morgan fingerprint density at radius 1 is 1.27 bits per heavy atom. The van der Waals surface area contributed by atoms with Crippen LogP contribution in [0.4, 0.5) is 4.39 Å². The first kappa shape index (κ1) is 17.4. The third-order valence-corrected chi connectivity index (χ3v) is 5.73. The van der Waals surface area contributed by atoms with E-state index in [1.807, 2.05) is 23.1 Å². The Balaban J connectivity index is 1.54. The van der Waals surface area contributed by atoms with Gasteiger partial charge >= 0.3 is 0 Å². The number of rotatable bonds is 3. The second-order valence-corrected chi connectivity index (χ2v) is 7.69. The highest BCUT2D eigenvalue weighted by Crippen LogP contribution is 2.45. The Hall–Kier alpha value is -1.98. The Bertz CT molecular complexity index is 813. The van der Waals surface area contributed by atoms with Gasteiger partial charge in [0.25, 0.3) is 0 Å². The molecule has 0 radical (unpaired) electrons. The second-order valence-electron chi connectivity index (χ2n) is 7.26. The lowest BCUT2D eigenvalue weighted by molar-refractivity contribution is -0.130. The number of benzene rings is 1. The summed E-state index contributed by atoms with van der Waals surface area (Å²) in [4.78, 5) is 20.8. The number of aromatic nitrogens is 1. The molecule has 1 amide bonds. The molecule has 2 aliphatic heterocycles. The fourth-order valence-electron chi connectivity index (χ4n) is 4.44. The van der Waals surface area contributed by atoms with Crippen molar-refractivity contribution < 1.29 is 9.18 Å². The summed E-state index contributed by atoms with van der Waals surface area (Å²) >= 11 is 5.91. The number of carbonyl (C=O) groups excluding carboxylic acids is 1. The van der Waals surface area contributed by atoms with Crippen LogP contribution in [0.25, 0.3) is 0 Å². The number of fused-ring (bicyclic) bond motifs is 1. The zero-order chi connectivity index (χ0) is 18.3. The molecule has 0 spiro atoms. The van der Waals surface area contributed by atoms with E-state index in [1.54, 1.807) is 25.3 Å². The molecule has 0 N–H and O–H groups in total. The van der Waals surface area contributed by atoms with E-state index in [4.69, 9.17) is 11.6 Å². The van der Waals surface area contributed by atoms with Gasteiger partial charge in [0, 0.05) is 45.2 Å². The maximum Gasteiger partial charge on any atom is 0.219 e. The quantitative estimate of drug-likeness (QED) is 0.825. The monoisotopic (exact) mass is 373 g/mol. The van der Waals surface area contributed by atoms with Gasteiger partial charge in [-0.15, -0.1) is 0 Å². The number of hydrogen-bond acceptors (Lipinski definition) is 3. The molecule has 4 rings (SSSR count). The SMILES string of the molecule is CC(=O)N1C[C@H]2CN(Cc3ccc(Cl)cn3)C[C@H]2[C@@H]1c1cccc(F)c1. The fourth-order valence-corrected chi connectivity index (χ4v) is 4.55. The van der Waals surface area contributed by atoms with Gasteiger partial charge in [-0.05, 0) is 35.7 Å². The van der Waals surface area contributed by atoms with Crippen molar-refractivity contribution in [2.75, 3.05) is 19.6 Å². The summed E-state index contributed by atoms with van der Waals surface area (Å²) in [5.74, 6) is 0.515. The molecule has 0 saturated carbocycles. The molecule has 1 aromatic carbocycles. The van der Waals surface area contributed by atoms with Gasteiger partial charge in [-0.25, -0.2) is 4.39 Å². The molecule has 2 saturated heterocycles. The Kier molecular flexibility index (Phi) is 4.67. The molecular formula is C20H21ClFN3O. The summed E-state index contributed by atoms with van der Waals surface area (Å²) in [6.45, 7) is 4.89. The molecule has 26 heavy (non-hydrogen) atoms. The minimum atomic E-state index is -0.255. The van der Waals surface area contributed by atoms with E-state index in [9.17, 15) is 9.18 Å². The van der Waals surface area contributed by atoms with Crippen molar-refractivity contribution in [2.24, 2.45) is 11.8 Å². The normalized spacial score (nSPS) is 25.5. The molecule has 0 aliphatic carbocycles. The fraction of sp³-hybridized carbons (Fsp3) is 0.400. The van der Waals surface area contributed by atoms with Crippen LogP contribution in [0.15, 0.2) is 42.6 Å². The Morgan fingerprint density at radius 3 is 2.81 bits per heavy atom. The van der Waals surface area contributed by atoms with Crippen LogP contribution >= 0.6 is 11.6 Å². The van der Waals surface area contributed by atoms with Crippen molar-refractivity contribution in [1.29, 1.82) is 0 Å². The van der Waals surface area contributed by atoms with Crippen LogP contribution in [0.2, 0.25) is 5.02 Å². The molecule has 136 valence electrons. The number of amides is 1. The van der Waals surface area contributed by atoms with E-state index in [1.165, 1.54) is 6.07 Å². The van der Waals surface area contributed by atoms with Crippen molar-refractivity contribution >= 4 is 17.5 Å². The molecule has 1 aromatic heterocycles. The molecule has 2 aliphatic rings. The zero-order valence-electron chi connectivity index (χ0n) is 14.6. The first-order chi connectivity index (χ1) is 12.5. The van der Waals surface area contributed by atoms with Crippen LogP contribution in [0.3, 0.4) is 0 Å². The molecule has 4 nitrogen and oxygen atoms in total. The van der Waals surface area contributed by atoms with Crippen molar-refractivity contribution in [1.82, 2.24) is 14.8 Å². The van der Waals surface area contributed by atoms with Crippen LogP contribution in [0.1, 0.15) is 24.2 Å². The Labute approximate surface area is 157 Å². The average molecular weight is 374 g/mol. The number of halogens is 2. The molecule has 2 aromatic rings. The lowest BCUT2D eigenvalue weighted by Gasteiger charge is -2.29. The van der Waals surface area contributed by atoms with Crippen LogP contribution in [-0.2, 0) is 11.3 Å². The number of pyridine rings is 1. The molecule has 6 heteroatoms. The first-order valence-electron chi connectivity index (χ1n) is 8.86. The number of hydrogen-bond donors (Lipinski definition) is 0. The van der Waals surface area contributed by atoms with Crippen molar-refractivity contribution in [3.8, 4) is 0 Å². The van der Waals surface area contributed by atoms with E-state index in [0.717, 1.165) is 37.4 Å². The smallest absolute Gasteiger partial charge is 0.219 e. The summed E-state index contributed by atoms with van der Waals surface area (Å²) < 4.78 is 13.8. The predicted octanol–water partition coefficient (Wildman–Crippen LogP) is 3.53. The van der Waals surface area contributed by atoms with Crippen LogP contribution in [-0.4, -0.2) is 40.3 Å². The van der Waals surface area contributed by atoms with Crippen LogP contribution in [0.5, 0.6) is 0 Å². The van der Waals surface area contributed by atoms with Gasteiger partial charge in [-0.3, -0.25) is 14.7 Å². The van der Waals surface area contributed by atoms with Gasteiger partial charge in [-0.2, -0.15) is 0 Å². The van der Waals surface area contributed by atoms with Gasteiger partial charge in [0.05, 0.1) is 16.8 Å². The van der Waals surface area contributed by atoms with Gasteiger partial charge in [0.2, 0.25) is 5.91 Å². The Morgan fingerprint density at radius 2 is 2.12 bits per heavy atom. The summed E-state index contributed by atoms with van der Waals surface area (Å²) in [7, 11) is 0. The highest BCUT2D eigenvalue weighted by Gasteiger charge is 2.48.